The standard InChI is InChI=1S/C13H16F2N2/c1-9-4-5-10(14)12(11(9)15)17-7-6-13(2,3)8-16/h4-5,17H,6-7H2,1-3H3. The second kappa shape index (κ2) is 5.13. The molecule has 1 aromatic rings. The molecule has 0 unspecified atom stereocenters. The largest absolute Gasteiger partial charge is 0.380 e. The number of anilines is 1. The van der Waals surface area contributed by atoms with E-state index in [1.807, 2.05) is 0 Å². The van der Waals surface area contributed by atoms with Crippen LogP contribution in [0, 0.1) is 35.3 Å². The Bertz CT molecular complexity index is 447. The van der Waals surface area contributed by atoms with Crippen molar-refractivity contribution in [3.8, 4) is 6.07 Å². The molecule has 0 radical (unpaired) electrons. The maximum atomic E-state index is 13.6. The summed E-state index contributed by atoms with van der Waals surface area (Å²) in [6, 6.07) is 4.77. The lowest BCUT2D eigenvalue weighted by Crippen LogP contribution is -2.16. The first-order valence-electron chi connectivity index (χ1n) is 5.47. The summed E-state index contributed by atoms with van der Waals surface area (Å²) < 4.78 is 27.0. The molecule has 1 rings (SSSR count). The smallest absolute Gasteiger partial charge is 0.152 e. The third kappa shape index (κ3) is 3.42. The molecule has 17 heavy (non-hydrogen) atoms. The molecule has 1 N–H and O–H groups in total. The normalized spacial score (nSPS) is 11.1. The van der Waals surface area contributed by atoms with Crippen molar-refractivity contribution in [3.05, 3.63) is 29.3 Å². The Morgan fingerprint density at radius 1 is 1.35 bits per heavy atom. The lowest BCUT2D eigenvalue weighted by molar-refractivity contribution is 0.465. The minimum absolute atomic E-state index is 0.112. The number of nitrogens with zero attached hydrogens (tertiary/aromatic N) is 1. The quantitative estimate of drug-likeness (QED) is 0.869. The van der Waals surface area contributed by atoms with Crippen molar-refractivity contribution in [2.24, 2.45) is 5.41 Å². The Morgan fingerprint density at radius 2 is 2.00 bits per heavy atom. The Labute approximate surface area is 100 Å². The summed E-state index contributed by atoms with van der Waals surface area (Å²) in [5.74, 6) is -1.18. The Hall–Kier alpha value is -1.63. The Kier molecular flexibility index (Phi) is 4.06. The number of hydrogen-bond donors (Lipinski definition) is 1. The van der Waals surface area contributed by atoms with Crippen LogP contribution in [0.5, 0.6) is 0 Å². The molecule has 0 spiro atoms. The lowest BCUT2D eigenvalue weighted by atomic mass is 9.91. The molecule has 0 atom stereocenters. The predicted molar refractivity (Wildman–Crippen MR) is 63.6 cm³/mol. The van der Waals surface area contributed by atoms with Crippen LogP contribution in [0.2, 0.25) is 0 Å². The molecule has 0 aromatic heterocycles. The van der Waals surface area contributed by atoms with Crippen LogP contribution in [-0.2, 0) is 0 Å². The zero-order valence-electron chi connectivity index (χ0n) is 10.3. The summed E-state index contributed by atoms with van der Waals surface area (Å²) >= 11 is 0. The van der Waals surface area contributed by atoms with E-state index in [1.54, 1.807) is 20.8 Å². The van der Waals surface area contributed by atoms with Crippen LogP contribution < -0.4 is 5.32 Å². The fourth-order valence-corrected chi connectivity index (χ4v) is 1.37. The number of hydrogen-bond acceptors (Lipinski definition) is 2. The number of nitriles is 1. The van der Waals surface area contributed by atoms with E-state index >= 15 is 0 Å². The maximum Gasteiger partial charge on any atom is 0.152 e. The van der Waals surface area contributed by atoms with E-state index < -0.39 is 17.0 Å². The van der Waals surface area contributed by atoms with Crippen LogP contribution in [0.15, 0.2) is 12.1 Å². The Balaban J connectivity index is 2.71. The molecule has 0 aliphatic rings. The highest BCUT2D eigenvalue weighted by Gasteiger charge is 2.17. The number of aryl methyl sites for hydroxylation is 1. The van der Waals surface area contributed by atoms with E-state index in [0.29, 0.717) is 18.5 Å². The first kappa shape index (κ1) is 13.4. The van der Waals surface area contributed by atoms with Gasteiger partial charge in [-0.1, -0.05) is 6.07 Å². The van der Waals surface area contributed by atoms with Gasteiger partial charge in [0.25, 0.3) is 0 Å². The average molecular weight is 238 g/mol. The summed E-state index contributed by atoms with van der Waals surface area (Å²) in [4.78, 5) is 0. The summed E-state index contributed by atoms with van der Waals surface area (Å²) in [6.07, 6.45) is 0.524. The van der Waals surface area contributed by atoms with Gasteiger partial charge in [0.1, 0.15) is 11.5 Å². The van der Waals surface area contributed by atoms with Gasteiger partial charge in [-0.25, -0.2) is 8.78 Å². The van der Waals surface area contributed by atoms with E-state index in [0.717, 1.165) is 0 Å². The van der Waals surface area contributed by atoms with E-state index in [2.05, 4.69) is 11.4 Å². The summed E-state index contributed by atoms with van der Waals surface area (Å²) in [6.45, 7) is 5.52. The number of halogens is 2. The molecule has 0 heterocycles. The fourth-order valence-electron chi connectivity index (χ4n) is 1.37. The molecule has 0 saturated carbocycles. The molecular formula is C13H16F2N2. The zero-order chi connectivity index (χ0) is 13.1. The van der Waals surface area contributed by atoms with Crippen LogP contribution in [0.3, 0.4) is 0 Å². The van der Waals surface area contributed by atoms with Crippen molar-refractivity contribution < 1.29 is 8.78 Å². The fraction of sp³-hybridized carbons (Fsp3) is 0.462. The van der Waals surface area contributed by atoms with Crippen molar-refractivity contribution in [1.29, 1.82) is 5.26 Å². The Morgan fingerprint density at radius 3 is 2.59 bits per heavy atom. The van der Waals surface area contributed by atoms with E-state index in [-0.39, 0.29) is 5.69 Å². The highest BCUT2D eigenvalue weighted by molar-refractivity contribution is 5.48. The molecule has 2 nitrogen and oxygen atoms in total. The molecule has 1 aromatic carbocycles. The van der Waals surface area contributed by atoms with Crippen LogP contribution in [-0.4, -0.2) is 6.54 Å². The third-order valence-electron chi connectivity index (χ3n) is 2.64. The van der Waals surface area contributed by atoms with E-state index in [4.69, 9.17) is 5.26 Å². The van der Waals surface area contributed by atoms with Gasteiger partial charge in [-0.05, 0) is 38.8 Å². The second-order valence-corrected chi connectivity index (χ2v) is 4.73. The molecule has 0 aliphatic heterocycles. The number of benzene rings is 1. The van der Waals surface area contributed by atoms with Crippen LogP contribution in [0.25, 0.3) is 0 Å². The summed E-state index contributed by atoms with van der Waals surface area (Å²) in [5.41, 5.74) is -0.212. The lowest BCUT2D eigenvalue weighted by Gasteiger charge is -2.16. The monoisotopic (exact) mass is 238 g/mol. The predicted octanol–water partition coefficient (Wildman–Crippen LogP) is 3.63. The molecule has 0 aliphatic carbocycles. The molecule has 0 saturated heterocycles. The highest BCUT2D eigenvalue weighted by atomic mass is 19.1. The number of rotatable bonds is 4. The average Bonchev–Trinajstić information content (AvgIpc) is 2.28. The molecule has 0 bridgehead atoms. The van der Waals surface area contributed by atoms with Gasteiger partial charge in [-0.2, -0.15) is 5.26 Å². The molecule has 4 heteroatoms. The topological polar surface area (TPSA) is 35.8 Å². The van der Waals surface area contributed by atoms with Crippen LogP contribution in [0.1, 0.15) is 25.8 Å². The third-order valence-corrected chi connectivity index (χ3v) is 2.64. The van der Waals surface area contributed by atoms with E-state index in [1.165, 1.54) is 12.1 Å². The zero-order valence-corrected chi connectivity index (χ0v) is 10.3. The van der Waals surface area contributed by atoms with E-state index in [9.17, 15) is 8.78 Å². The molecule has 92 valence electrons. The van der Waals surface area contributed by atoms with Crippen molar-refractivity contribution in [1.82, 2.24) is 0 Å². The van der Waals surface area contributed by atoms with Gasteiger partial charge in [-0.3, -0.25) is 0 Å². The van der Waals surface area contributed by atoms with Gasteiger partial charge in [0.05, 0.1) is 11.5 Å². The van der Waals surface area contributed by atoms with Crippen LogP contribution >= 0.6 is 0 Å². The second-order valence-electron chi connectivity index (χ2n) is 4.73. The highest BCUT2D eigenvalue weighted by Crippen LogP contribution is 2.23. The van der Waals surface area contributed by atoms with Crippen molar-refractivity contribution in [2.75, 3.05) is 11.9 Å². The summed E-state index contributed by atoms with van der Waals surface area (Å²) in [7, 11) is 0. The molecule has 0 fully saturated rings. The minimum Gasteiger partial charge on any atom is -0.380 e. The SMILES string of the molecule is Cc1ccc(F)c(NCCC(C)(C)C#N)c1F. The molecular weight excluding hydrogens is 222 g/mol. The van der Waals surface area contributed by atoms with Gasteiger partial charge in [0.15, 0.2) is 5.82 Å². The summed E-state index contributed by atoms with van der Waals surface area (Å²) in [5, 5.41) is 11.5. The van der Waals surface area contributed by atoms with Gasteiger partial charge >= 0.3 is 0 Å². The first-order chi connectivity index (χ1) is 7.87. The van der Waals surface area contributed by atoms with Crippen molar-refractivity contribution in [3.63, 3.8) is 0 Å². The van der Waals surface area contributed by atoms with Crippen LogP contribution in [0.4, 0.5) is 14.5 Å². The molecule has 0 amide bonds. The minimum atomic E-state index is -0.608. The van der Waals surface area contributed by atoms with Crippen molar-refractivity contribution >= 4 is 5.69 Å². The van der Waals surface area contributed by atoms with Gasteiger partial charge in [-0.15, -0.1) is 0 Å². The van der Waals surface area contributed by atoms with Gasteiger partial charge in [0, 0.05) is 6.54 Å². The first-order valence-corrected chi connectivity index (χ1v) is 5.47. The van der Waals surface area contributed by atoms with Gasteiger partial charge < -0.3 is 5.32 Å². The van der Waals surface area contributed by atoms with Gasteiger partial charge in [0.2, 0.25) is 0 Å². The van der Waals surface area contributed by atoms with Crippen molar-refractivity contribution in [2.45, 2.75) is 27.2 Å². The number of nitrogens with one attached hydrogen (secondary N) is 1. The maximum absolute atomic E-state index is 13.6.